The predicted molar refractivity (Wildman–Crippen MR) is 108 cm³/mol. The summed E-state index contributed by atoms with van der Waals surface area (Å²) in [5.74, 6) is 0.0469. The maximum Gasteiger partial charge on any atom is 0.310 e. The van der Waals surface area contributed by atoms with E-state index in [1.165, 1.54) is 6.20 Å². The zero-order chi connectivity index (χ0) is 21.6. The second-order valence-electron chi connectivity index (χ2n) is 6.44. The number of nitrogens with zero attached hydrogens (tertiary/aromatic N) is 2. The molecule has 0 spiro atoms. The summed E-state index contributed by atoms with van der Waals surface area (Å²) in [6, 6.07) is 12.8. The molecule has 10 heteroatoms. The molecule has 0 aliphatic heterocycles. The highest BCUT2D eigenvalue weighted by molar-refractivity contribution is 8.45. The predicted octanol–water partition coefficient (Wildman–Crippen LogP) is 8.40. The second-order valence-corrected chi connectivity index (χ2v) is 9.20. The molecule has 2 aromatic carbocycles. The summed E-state index contributed by atoms with van der Waals surface area (Å²) in [5, 5.41) is 1.93. The van der Waals surface area contributed by atoms with Gasteiger partial charge in [-0.25, -0.2) is 9.97 Å². The lowest BCUT2D eigenvalue weighted by Crippen LogP contribution is -2.05. The smallest absolute Gasteiger partial charge is 0.310 e. The monoisotopic (exact) mass is 458 g/mol. The van der Waals surface area contributed by atoms with Crippen LogP contribution in [-0.4, -0.2) is 9.97 Å². The van der Waals surface area contributed by atoms with E-state index in [0.29, 0.717) is 22.8 Å². The highest BCUT2D eigenvalue weighted by Crippen LogP contribution is 3.02. The quantitative estimate of drug-likeness (QED) is 0.227. The third kappa shape index (κ3) is 4.17. The van der Waals surface area contributed by atoms with Gasteiger partial charge in [-0.1, -0.05) is 43.2 Å². The van der Waals surface area contributed by atoms with Gasteiger partial charge in [0.25, 0.3) is 0 Å². The number of ether oxygens (including phenoxy) is 1. The van der Waals surface area contributed by atoms with Gasteiger partial charge in [0.1, 0.15) is 15.8 Å². The third-order valence-corrected chi connectivity index (χ3v) is 5.75. The first-order valence-corrected chi connectivity index (χ1v) is 10.8. The van der Waals surface area contributed by atoms with Crippen molar-refractivity contribution in [2.45, 2.75) is 4.90 Å². The van der Waals surface area contributed by atoms with Crippen LogP contribution in [-0.2, 0) is 0 Å². The molecule has 156 valence electrons. The minimum absolute atomic E-state index is 0.0615. The Balaban J connectivity index is 1.70. The van der Waals surface area contributed by atoms with Crippen LogP contribution in [0.15, 0.2) is 78.0 Å². The van der Waals surface area contributed by atoms with Crippen LogP contribution in [0.4, 0.5) is 19.4 Å². The van der Waals surface area contributed by atoms with Gasteiger partial charge in [0.15, 0.2) is 0 Å². The van der Waals surface area contributed by atoms with E-state index in [4.69, 9.17) is 16.3 Å². The molecule has 0 aliphatic rings. The number of hydrogen-bond acceptors (Lipinski definition) is 3. The molecule has 0 aliphatic carbocycles. The number of fused-ring (bicyclic) bond motifs is 1. The van der Waals surface area contributed by atoms with Gasteiger partial charge < -0.3 is 4.74 Å². The van der Waals surface area contributed by atoms with Crippen molar-refractivity contribution < 1.29 is 24.2 Å². The van der Waals surface area contributed by atoms with Crippen molar-refractivity contribution in [3.63, 3.8) is 0 Å². The molecule has 3 nitrogen and oxygen atoms in total. The molecule has 2 aromatic heterocycles. The van der Waals surface area contributed by atoms with E-state index in [2.05, 4.69) is 9.97 Å². The molecule has 2 heterocycles. The van der Waals surface area contributed by atoms with Gasteiger partial charge in [0, 0.05) is 23.3 Å². The molecule has 30 heavy (non-hydrogen) atoms. The SMILES string of the molecule is FS(F)(F)(F)(F)c1ccc(Oc2ncccc2-c2ccc3c(Cl)nccc3c2)cc1. The topological polar surface area (TPSA) is 35.0 Å². The molecule has 0 unspecified atom stereocenters. The molecule has 0 saturated carbocycles. The average molecular weight is 459 g/mol. The van der Waals surface area contributed by atoms with Gasteiger partial charge in [0.2, 0.25) is 5.88 Å². The van der Waals surface area contributed by atoms with Gasteiger partial charge in [0.05, 0.1) is 0 Å². The van der Waals surface area contributed by atoms with Gasteiger partial charge >= 0.3 is 10.2 Å². The van der Waals surface area contributed by atoms with Crippen LogP contribution in [0.25, 0.3) is 21.9 Å². The summed E-state index contributed by atoms with van der Waals surface area (Å²) in [6.07, 6.45) is 3.01. The Labute approximate surface area is 172 Å². The third-order valence-electron chi connectivity index (χ3n) is 4.28. The number of hydrogen-bond donors (Lipinski definition) is 0. The van der Waals surface area contributed by atoms with E-state index in [1.54, 1.807) is 36.5 Å². The molecule has 0 atom stereocenters. The Hall–Kier alpha value is -2.91. The van der Waals surface area contributed by atoms with Gasteiger partial charge in [-0.05, 0) is 59.5 Å². The van der Waals surface area contributed by atoms with Crippen LogP contribution >= 0.6 is 21.8 Å². The molecular weight excluding hydrogens is 447 g/mol. The van der Waals surface area contributed by atoms with E-state index in [9.17, 15) is 19.4 Å². The van der Waals surface area contributed by atoms with Crippen molar-refractivity contribution in [2.75, 3.05) is 0 Å². The number of rotatable bonds is 4. The maximum absolute atomic E-state index is 12.9. The van der Waals surface area contributed by atoms with Crippen molar-refractivity contribution in [1.82, 2.24) is 9.97 Å². The fourth-order valence-electron chi connectivity index (χ4n) is 2.88. The van der Waals surface area contributed by atoms with E-state index in [-0.39, 0.29) is 11.6 Å². The van der Waals surface area contributed by atoms with Crippen LogP contribution in [0.2, 0.25) is 5.15 Å². The number of aromatic nitrogens is 2. The van der Waals surface area contributed by atoms with Crippen molar-refractivity contribution in [1.29, 1.82) is 0 Å². The van der Waals surface area contributed by atoms with Crippen molar-refractivity contribution >= 4 is 32.6 Å². The first kappa shape index (κ1) is 20.4. The molecule has 0 bridgehead atoms. The van der Waals surface area contributed by atoms with Crippen LogP contribution in [0, 0.1) is 0 Å². The van der Waals surface area contributed by atoms with Gasteiger partial charge in [-0.2, -0.15) is 0 Å². The summed E-state index contributed by atoms with van der Waals surface area (Å²) in [4.78, 5) is 6.15. The lowest BCUT2D eigenvalue weighted by atomic mass is 10.0. The molecule has 0 N–H and O–H groups in total. The Morgan fingerprint density at radius 2 is 1.53 bits per heavy atom. The lowest BCUT2D eigenvalue weighted by molar-refractivity contribution is 0.363. The molecule has 0 radical (unpaired) electrons. The largest absolute Gasteiger partial charge is 0.438 e. The van der Waals surface area contributed by atoms with Gasteiger partial charge in [-0.3, -0.25) is 0 Å². The zero-order valence-electron chi connectivity index (χ0n) is 14.9. The van der Waals surface area contributed by atoms with Crippen LogP contribution in [0.1, 0.15) is 0 Å². The first-order chi connectivity index (χ1) is 13.9. The fourth-order valence-corrected chi connectivity index (χ4v) is 3.76. The molecule has 4 aromatic rings. The Morgan fingerprint density at radius 1 is 0.800 bits per heavy atom. The second kappa shape index (κ2) is 6.29. The van der Waals surface area contributed by atoms with E-state index < -0.39 is 15.1 Å². The molecule has 0 saturated heterocycles. The van der Waals surface area contributed by atoms with Crippen molar-refractivity contribution in [3.05, 3.63) is 78.2 Å². The van der Waals surface area contributed by atoms with E-state index >= 15 is 0 Å². The standard InChI is InChI=1S/C20H12ClF5N2OS/c21-19-17-8-3-13(12-14(17)9-11-27-19)18-2-1-10-28-20(18)29-15-4-6-16(7-5-15)30(22,23,24,25)26/h1-12H. The minimum Gasteiger partial charge on any atom is -0.438 e. The number of pyridine rings is 2. The maximum atomic E-state index is 12.9. The summed E-state index contributed by atoms with van der Waals surface area (Å²) < 4.78 is 70.0. The van der Waals surface area contributed by atoms with E-state index in [0.717, 1.165) is 28.5 Å². The minimum atomic E-state index is -9.74. The van der Waals surface area contributed by atoms with Crippen molar-refractivity contribution in [2.24, 2.45) is 0 Å². The Bertz CT molecular complexity index is 1270. The molecule has 4 rings (SSSR count). The summed E-state index contributed by atoms with van der Waals surface area (Å²) in [5.41, 5.74) is 1.28. The average Bonchev–Trinajstić information content (AvgIpc) is 2.67. The van der Waals surface area contributed by atoms with Gasteiger partial charge in [-0.15, -0.1) is 0 Å². The molecule has 0 amide bonds. The van der Waals surface area contributed by atoms with Crippen LogP contribution < -0.4 is 4.74 Å². The lowest BCUT2D eigenvalue weighted by Gasteiger charge is -2.40. The van der Waals surface area contributed by atoms with E-state index in [1.807, 2.05) is 6.07 Å². The summed E-state index contributed by atoms with van der Waals surface area (Å²) in [6.45, 7) is 0. The molecular formula is C20H12ClF5N2OS. The Morgan fingerprint density at radius 3 is 2.23 bits per heavy atom. The van der Waals surface area contributed by atoms with Crippen LogP contribution in [0.5, 0.6) is 11.6 Å². The highest BCUT2D eigenvalue weighted by atomic mass is 35.5. The highest BCUT2D eigenvalue weighted by Gasteiger charge is 2.65. The molecule has 0 fully saturated rings. The zero-order valence-corrected chi connectivity index (χ0v) is 16.5. The number of halogens is 6. The number of benzene rings is 2. The Kier molecular flexibility index (Phi) is 4.27. The fraction of sp³-hybridized carbons (Fsp3) is 0. The summed E-state index contributed by atoms with van der Waals surface area (Å²) in [7, 11) is -9.74. The normalized spacial score (nSPS) is 14.2. The first-order valence-electron chi connectivity index (χ1n) is 8.42. The van der Waals surface area contributed by atoms with Crippen LogP contribution in [0.3, 0.4) is 0 Å². The van der Waals surface area contributed by atoms with Crippen molar-refractivity contribution in [3.8, 4) is 22.8 Å². The summed E-state index contributed by atoms with van der Waals surface area (Å²) >= 11 is 6.08.